The van der Waals surface area contributed by atoms with Crippen LogP contribution in [0.15, 0.2) is 22.7 Å². The molecule has 0 aliphatic carbocycles. The third-order valence-corrected chi connectivity index (χ3v) is 4.75. The van der Waals surface area contributed by atoms with Crippen LogP contribution >= 0.6 is 15.9 Å². The number of benzene rings is 1. The first-order valence-electron chi connectivity index (χ1n) is 7.10. The standard InChI is InChI=1S/C15H21BrN2O/c1-19-15-9-12(16)8-14(10-15)18-7-6-17-5-3-2-4-13(17)11-18/h8-10,13H,2-7,11H2,1H3. The summed E-state index contributed by atoms with van der Waals surface area (Å²) in [7, 11) is 1.73. The summed E-state index contributed by atoms with van der Waals surface area (Å²) in [6.45, 7) is 4.76. The van der Waals surface area contributed by atoms with Gasteiger partial charge in [0.05, 0.1) is 7.11 Å². The Kier molecular flexibility index (Phi) is 3.99. The van der Waals surface area contributed by atoms with Crippen molar-refractivity contribution in [2.45, 2.75) is 25.3 Å². The molecule has 1 unspecified atom stereocenters. The van der Waals surface area contributed by atoms with Crippen LogP contribution in [0, 0.1) is 0 Å². The van der Waals surface area contributed by atoms with E-state index in [4.69, 9.17) is 4.74 Å². The number of hydrogen-bond donors (Lipinski definition) is 0. The van der Waals surface area contributed by atoms with Crippen LogP contribution in [-0.4, -0.2) is 44.2 Å². The van der Waals surface area contributed by atoms with E-state index in [0.717, 1.165) is 29.4 Å². The first-order valence-corrected chi connectivity index (χ1v) is 7.89. The molecule has 2 heterocycles. The summed E-state index contributed by atoms with van der Waals surface area (Å²) < 4.78 is 6.46. The second-order valence-electron chi connectivity index (χ2n) is 5.48. The summed E-state index contributed by atoms with van der Waals surface area (Å²) in [6.07, 6.45) is 4.11. The topological polar surface area (TPSA) is 15.7 Å². The Morgan fingerprint density at radius 1 is 1.16 bits per heavy atom. The minimum Gasteiger partial charge on any atom is -0.497 e. The van der Waals surface area contributed by atoms with Gasteiger partial charge in [0.15, 0.2) is 0 Å². The first-order chi connectivity index (χ1) is 9.26. The van der Waals surface area contributed by atoms with Gasteiger partial charge in [0.25, 0.3) is 0 Å². The number of nitrogens with zero attached hydrogens (tertiary/aromatic N) is 2. The van der Waals surface area contributed by atoms with Gasteiger partial charge >= 0.3 is 0 Å². The summed E-state index contributed by atoms with van der Waals surface area (Å²) in [5.41, 5.74) is 1.27. The highest BCUT2D eigenvalue weighted by Gasteiger charge is 2.29. The van der Waals surface area contributed by atoms with Crippen molar-refractivity contribution in [2.24, 2.45) is 0 Å². The van der Waals surface area contributed by atoms with E-state index in [-0.39, 0.29) is 0 Å². The van der Waals surface area contributed by atoms with Crippen molar-refractivity contribution in [2.75, 3.05) is 38.2 Å². The van der Waals surface area contributed by atoms with Gasteiger partial charge in [-0.2, -0.15) is 0 Å². The maximum absolute atomic E-state index is 5.37. The molecule has 0 aromatic heterocycles. The van der Waals surface area contributed by atoms with Gasteiger partial charge in [-0.1, -0.05) is 22.4 Å². The van der Waals surface area contributed by atoms with Crippen molar-refractivity contribution in [3.05, 3.63) is 22.7 Å². The van der Waals surface area contributed by atoms with E-state index in [9.17, 15) is 0 Å². The molecule has 0 N–H and O–H groups in total. The van der Waals surface area contributed by atoms with Gasteiger partial charge in [0, 0.05) is 41.9 Å². The molecule has 2 aliphatic heterocycles. The molecule has 0 spiro atoms. The van der Waals surface area contributed by atoms with E-state index in [1.54, 1.807) is 7.11 Å². The summed E-state index contributed by atoms with van der Waals surface area (Å²) >= 11 is 3.57. The van der Waals surface area contributed by atoms with Crippen LogP contribution in [0.3, 0.4) is 0 Å². The van der Waals surface area contributed by atoms with Crippen LogP contribution in [0.1, 0.15) is 19.3 Å². The van der Waals surface area contributed by atoms with E-state index in [1.165, 1.54) is 38.0 Å². The highest BCUT2D eigenvalue weighted by molar-refractivity contribution is 9.10. The number of halogens is 1. The molecule has 0 bridgehead atoms. The highest BCUT2D eigenvalue weighted by Crippen LogP contribution is 2.30. The lowest BCUT2D eigenvalue weighted by molar-refractivity contribution is 0.133. The molecule has 2 saturated heterocycles. The number of fused-ring (bicyclic) bond motifs is 1. The van der Waals surface area contributed by atoms with Crippen LogP contribution < -0.4 is 9.64 Å². The lowest BCUT2D eigenvalue weighted by Crippen LogP contribution is -2.54. The number of methoxy groups -OCH3 is 1. The summed E-state index contributed by atoms with van der Waals surface area (Å²) in [5, 5.41) is 0. The van der Waals surface area contributed by atoms with Crippen molar-refractivity contribution in [3.8, 4) is 5.75 Å². The Morgan fingerprint density at radius 2 is 2.05 bits per heavy atom. The number of piperidine rings is 1. The molecular formula is C15H21BrN2O. The van der Waals surface area contributed by atoms with Crippen molar-refractivity contribution in [1.29, 1.82) is 0 Å². The molecule has 3 nitrogen and oxygen atoms in total. The molecule has 2 aliphatic rings. The second-order valence-corrected chi connectivity index (χ2v) is 6.40. The summed E-state index contributed by atoms with van der Waals surface area (Å²) in [6, 6.07) is 7.09. The summed E-state index contributed by atoms with van der Waals surface area (Å²) in [4.78, 5) is 5.16. The normalized spacial score (nSPS) is 24.1. The van der Waals surface area contributed by atoms with E-state index < -0.39 is 0 Å². The molecule has 1 aromatic carbocycles. The third kappa shape index (κ3) is 2.90. The number of rotatable bonds is 2. The van der Waals surface area contributed by atoms with Crippen LogP contribution in [0.5, 0.6) is 5.75 Å². The molecule has 104 valence electrons. The zero-order valence-corrected chi connectivity index (χ0v) is 13.0. The minimum atomic E-state index is 0.743. The summed E-state index contributed by atoms with van der Waals surface area (Å²) in [5.74, 6) is 0.926. The Bertz CT molecular complexity index is 452. The van der Waals surface area contributed by atoms with Crippen molar-refractivity contribution in [3.63, 3.8) is 0 Å². The molecule has 0 saturated carbocycles. The Hall–Kier alpha value is -0.740. The first kappa shape index (κ1) is 13.3. The lowest BCUT2D eigenvalue weighted by atomic mass is 9.99. The van der Waals surface area contributed by atoms with Crippen molar-refractivity contribution < 1.29 is 4.74 Å². The predicted molar refractivity (Wildman–Crippen MR) is 82.1 cm³/mol. The maximum Gasteiger partial charge on any atom is 0.122 e. The van der Waals surface area contributed by atoms with E-state index in [1.807, 2.05) is 6.07 Å². The number of anilines is 1. The second kappa shape index (κ2) is 5.71. The Morgan fingerprint density at radius 3 is 2.89 bits per heavy atom. The fourth-order valence-corrected chi connectivity index (χ4v) is 3.70. The largest absolute Gasteiger partial charge is 0.497 e. The lowest BCUT2D eigenvalue weighted by Gasteiger charge is -2.45. The van der Waals surface area contributed by atoms with Gasteiger partial charge in [0.2, 0.25) is 0 Å². The molecule has 0 radical (unpaired) electrons. The molecular weight excluding hydrogens is 304 g/mol. The minimum absolute atomic E-state index is 0.743. The van der Waals surface area contributed by atoms with E-state index in [0.29, 0.717) is 0 Å². The maximum atomic E-state index is 5.37. The van der Waals surface area contributed by atoms with Crippen LogP contribution in [-0.2, 0) is 0 Å². The van der Waals surface area contributed by atoms with Crippen molar-refractivity contribution >= 4 is 21.6 Å². The molecule has 0 amide bonds. The van der Waals surface area contributed by atoms with Gasteiger partial charge in [-0.3, -0.25) is 4.90 Å². The molecule has 1 aromatic rings. The van der Waals surface area contributed by atoms with Gasteiger partial charge < -0.3 is 9.64 Å². The van der Waals surface area contributed by atoms with Gasteiger partial charge in [-0.25, -0.2) is 0 Å². The van der Waals surface area contributed by atoms with Crippen LogP contribution in [0.25, 0.3) is 0 Å². The predicted octanol–water partition coefficient (Wildman–Crippen LogP) is 3.13. The van der Waals surface area contributed by atoms with E-state index >= 15 is 0 Å². The monoisotopic (exact) mass is 324 g/mol. The zero-order chi connectivity index (χ0) is 13.2. The molecule has 2 fully saturated rings. The molecule has 19 heavy (non-hydrogen) atoms. The van der Waals surface area contributed by atoms with E-state index in [2.05, 4.69) is 37.9 Å². The number of piperazine rings is 1. The Balaban J connectivity index is 1.77. The fourth-order valence-electron chi connectivity index (χ4n) is 3.24. The molecule has 4 heteroatoms. The highest BCUT2D eigenvalue weighted by atomic mass is 79.9. The van der Waals surface area contributed by atoms with Crippen LogP contribution in [0.4, 0.5) is 5.69 Å². The average molecular weight is 325 g/mol. The quantitative estimate of drug-likeness (QED) is 0.831. The van der Waals surface area contributed by atoms with Gasteiger partial charge in [-0.05, 0) is 31.5 Å². The van der Waals surface area contributed by atoms with Crippen LogP contribution in [0.2, 0.25) is 0 Å². The molecule has 1 atom stereocenters. The smallest absolute Gasteiger partial charge is 0.122 e. The Labute approximate surface area is 123 Å². The SMILES string of the molecule is COc1cc(Br)cc(N2CCN3CCCCC3C2)c1. The van der Waals surface area contributed by atoms with Crippen molar-refractivity contribution in [1.82, 2.24) is 4.90 Å². The third-order valence-electron chi connectivity index (χ3n) is 4.29. The average Bonchev–Trinajstić information content (AvgIpc) is 2.46. The number of hydrogen-bond acceptors (Lipinski definition) is 3. The molecule has 3 rings (SSSR count). The fraction of sp³-hybridized carbons (Fsp3) is 0.600. The van der Waals surface area contributed by atoms with Gasteiger partial charge in [0.1, 0.15) is 5.75 Å². The zero-order valence-electron chi connectivity index (χ0n) is 11.4. The van der Waals surface area contributed by atoms with Gasteiger partial charge in [-0.15, -0.1) is 0 Å². The number of ether oxygens (including phenoxy) is 1.